The van der Waals surface area contributed by atoms with Gasteiger partial charge in [-0.15, -0.1) is 0 Å². The molecule has 7 heteroatoms. The Balaban J connectivity index is 1.74. The highest BCUT2D eigenvalue weighted by molar-refractivity contribution is 6.12. The van der Waals surface area contributed by atoms with E-state index >= 15 is 0 Å². The summed E-state index contributed by atoms with van der Waals surface area (Å²) in [6.07, 6.45) is 7.04. The first-order valence-electron chi connectivity index (χ1n) is 8.53. The lowest BCUT2D eigenvalue weighted by atomic mass is 9.96. The molecule has 138 valence electrons. The number of hydrogen-bond acceptors (Lipinski definition) is 5. The van der Waals surface area contributed by atoms with Crippen molar-refractivity contribution in [1.29, 1.82) is 0 Å². The Morgan fingerprint density at radius 2 is 2.07 bits per heavy atom. The molecule has 3 rings (SSSR count). The van der Waals surface area contributed by atoms with Crippen molar-refractivity contribution in [2.24, 2.45) is 4.99 Å². The summed E-state index contributed by atoms with van der Waals surface area (Å²) in [4.78, 5) is 16.3. The van der Waals surface area contributed by atoms with Crippen molar-refractivity contribution in [3.8, 4) is 5.75 Å². The average Bonchev–Trinajstić information content (AvgIpc) is 2.70. The molecule has 1 N–H and O–H groups in total. The highest BCUT2D eigenvalue weighted by Crippen LogP contribution is 2.28. The summed E-state index contributed by atoms with van der Waals surface area (Å²) in [6, 6.07) is 10.3. The molecule has 0 saturated heterocycles. The van der Waals surface area contributed by atoms with Gasteiger partial charge in [-0.1, -0.05) is 6.08 Å². The van der Waals surface area contributed by atoms with E-state index in [4.69, 9.17) is 9.47 Å². The van der Waals surface area contributed by atoms with E-state index in [9.17, 15) is 4.79 Å². The fourth-order valence-electron chi connectivity index (χ4n) is 2.61. The molecule has 1 aliphatic rings. The fourth-order valence-corrected chi connectivity index (χ4v) is 2.61. The fraction of sp³-hybridized carbons (Fsp3) is 0.200. The molecule has 7 nitrogen and oxygen atoms in total. The molecule has 1 atom stereocenters. The minimum absolute atomic E-state index is 0.151. The number of urea groups is 1. The van der Waals surface area contributed by atoms with E-state index in [1.165, 1.54) is 0 Å². The average molecular weight is 364 g/mol. The summed E-state index contributed by atoms with van der Waals surface area (Å²) in [5.41, 5.74) is 1.91. The maximum absolute atomic E-state index is 12.2. The topological polar surface area (TPSA) is 85.7 Å². The summed E-state index contributed by atoms with van der Waals surface area (Å²) < 4.78 is 10.8. The Kier molecular flexibility index (Phi) is 5.94. The van der Waals surface area contributed by atoms with Crippen molar-refractivity contribution < 1.29 is 14.3 Å². The van der Waals surface area contributed by atoms with Gasteiger partial charge >= 0.3 is 6.03 Å². The van der Waals surface area contributed by atoms with Gasteiger partial charge in [0, 0.05) is 18.0 Å². The maximum Gasteiger partial charge on any atom is 0.345 e. The number of allylic oxidation sites excluding steroid dienone is 3. The zero-order chi connectivity index (χ0) is 19.1. The second-order valence-corrected chi connectivity index (χ2v) is 5.66. The van der Waals surface area contributed by atoms with Crippen molar-refractivity contribution in [3.05, 3.63) is 72.3 Å². The van der Waals surface area contributed by atoms with Gasteiger partial charge in [0.1, 0.15) is 11.5 Å². The number of methoxy groups -OCH3 is 1. The third-order valence-corrected chi connectivity index (χ3v) is 3.85. The first kappa shape index (κ1) is 18.3. The zero-order valence-electron chi connectivity index (χ0n) is 15.1. The second kappa shape index (κ2) is 8.75. The van der Waals surface area contributed by atoms with Gasteiger partial charge in [0.25, 0.3) is 0 Å². The van der Waals surface area contributed by atoms with E-state index in [1.54, 1.807) is 49.7 Å². The van der Waals surface area contributed by atoms with Crippen molar-refractivity contribution in [2.75, 3.05) is 19.0 Å². The van der Waals surface area contributed by atoms with E-state index in [1.807, 2.05) is 25.1 Å². The molecule has 2 aromatic rings. The number of rotatable bonds is 5. The lowest BCUT2D eigenvalue weighted by Gasteiger charge is -2.19. The number of carbonyl (C=O) groups is 1. The van der Waals surface area contributed by atoms with Gasteiger partial charge in [-0.3, -0.25) is 0 Å². The first-order chi connectivity index (χ1) is 13.2. The SMILES string of the molecule is CCOC1=C/C(=N/C(=O)Nc2ccc(OC)cc2)C=CC1c1cccnn1. The van der Waals surface area contributed by atoms with E-state index in [0.717, 1.165) is 5.69 Å². The molecule has 0 fully saturated rings. The molecule has 2 amide bonds. The largest absolute Gasteiger partial charge is 0.497 e. The summed E-state index contributed by atoms with van der Waals surface area (Å²) in [5.74, 6) is 1.24. The molecule has 1 aliphatic carbocycles. The maximum atomic E-state index is 12.2. The summed E-state index contributed by atoms with van der Waals surface area (Å²) in [5, 5.41) is 10.8. The number of nitrogens with one attached hydrogen (secondary N) is 1. The number of ether oxygens (including phenoxy) is 2. The Hall–Kier alpha value is -3.48. The van der Waals surface area contributed by atoms with Gasteiger partial charge in [-0.2, -0.15) is 15.2 Å². The van der Waals surface area contributed by atoms with Crippen LogP contribution in [0.2, 0.25) is 0 Å². The van der Waals surface area contributed by atoms with Crippen LogP contribution in [0.3, 0.4) is 0 Å². The monoisotopic (exact) mass is 364 g/mol. The molecule has 0 radical (unpaired) electrons. The summed E-state index contributed by atoms with van der Waals surface area (Å²) in [7, 11) is 1.59. The molecular weight excluding hydrogens is 344 g/mol. The third kappa shape index (κ3) is 4.78. The second-order valence-electron chi connectivity index (χ2n) is 5.66. The van der Waals surface area contributed by atoms with Crippen LogP contribution in [0, 0.1) is 0 Å². The molecular formula is C20H20N4O3. The minimum atomic E-state index is -0.468. The van der Waals surface area contributed by atoms with E-state index in [0.29, 0.717) is 29.5 Å². The van der Waals surface area contributed by atoms with E-state index in [2.05, 4.69) is 20.5 Å². The Morgan fingerprint density at radius 3 is 2.74 bits per heavy atom. The Morgan fingerprint density at radius 1 is 1.26 bits per heavy atom. The predicted octanol–water partition coefficient (Wildman–Crippen LogP) is 3.73. The Labute approximate surface area is 157 Å². The first-order valence-corrected chi connectivity index (χ1v) is 8.53. The highest BCUT2D eigenvalue weighted by Gasteiger charge is 2.21. The molecule has 27 heavy (non-hydrogen) atoms. The van der Waals surface area contributed by atoms with Crippen LogP contribution in [0.1, 0.15) is 18.5 Å². The Bertz CT molecular complexity index is 874. The smallest absolute Gasteiger partial charge is 0.345 e. The van der Waals surface area contributed by atoms with Crippen molar-refractivity contribution >= 4 is 17.4 Å². The van der Waals surface area contributed by atoms with Gasteiger partial charge < -0.3 is 14.8 Å². The van der Waals surface area contributed by atoms with Gasteiger partial charge in [-0.25, -0.2) is 4.79 Å². The molecule has 1 aromatic carbocycles. The standard InChI is InChI=1S/C20H20N4O3/c1-3-27-19-13-15(8-11-17(19)18-5-4-12-21-24-18)23-20(25)22-14-6-9-16(26-2)10-7-14/h4-13,17H,3H2,1-2H3,(H,22,25)/b23-15+. The van der Waals surface area contributed by atoms with Gasteiger partial charge in [0.15, 0.2) is 0 Å². The molecule has 1 heterocycles. The predicted molar refractivity (Wildman–Crippen MR) is 103 cm³/mol. The number of carbonyl (C=O) groups excluding carboxylic acids is 1. The molecule has 1 unspecified atom stereocenters. The van der Waals surface area contributed by atoms with Crippen molar-refractivity contribution in [3.63, 3.8) is 0 Å². The van der Waals surface area contributed by atoms with Crippen molar-refractivity contribution in [2.45, 2.75) is 12.8 Å². The van der Waals surface area contributed by atoms with Crippen LogP contribution in [-0.4, -0.2) is 35.7 Å². The molecule has 0 saturated carbocycles. The van der Waals surface area contributed by atoms with Crippen LogP contribution >= 0.6 is 0 Å². The number of amides is 2. The van der Waals surface area contributed by atoms with Crippen LogP contribution < -0.4 is 10.1 Å². The summed E-state index contributed by atoms with van der Waals surface area (Å²) >= 11 is 0. The number of aromatic nitrogens is 2. The highest BCUT2D eigenvalue weighted by atomic mass is 16.5. The van der Waals surface area contributed by atoms with Crippen LogP contribution in [0.25, 0.3) is 0 Å². The van der Waals surface area contributed by atoms with Crippen LogP contribution in [-0.2, 0) is 4.74 Å². The lowest BCUT2D eigenvalue weighted by molar-refractivity contribution is 0.215. The van der Waals surface area contributed by atoms with E-state index < -0.39 is 6.03 Å². The zero-order valence-corrected chi connectivity index (χ0v) is 15.1. The van der Waals surface area contributed by atoms with Crippen LogP contribution in [0.5, 0.6) is 5.75 Å². The third-order valence-electron chi connectivity index (χ3n) is 3.85. The number of benzene rings is 1. The number of aliphatic imine (C=N–C) groups is 1. The minimum Gasteiger partial charge on any atom is -0.497 e. The van der Waals surface area contributed by atoms with Crippen molar-refractivity contribution in [1.82, 2.24) is 10.2 Å². The van der Waals surface area contributed by atoms with Gasteiger partial charge in [0.2, 0.25) is 0 Å². The number of nitrogens with zero attached hydrogens (tertiary/aromatic N) is 3. The summed E-state index contributed by atoms with van der Waals surface area (Å²) in [6.45, 7) is 2.40. The quantitative estimate of drug-likeness (QED) is 0.874. The number of hydrogen-bond donors (Lipinski definition) is 1. The number of anilines is 1. The van der Waals surface area contributed by atoms with Crippen LogP contribution in [0.15, 0.2) is 71.6 Å². The molecule has 0 bridgehead atoms. The lowest BCUT2D eigenvalue weighted by Crippen LogP contribution is -2.14. The molecule has 0 spiro atoms. The molecule has 0 aliphatic heterocycles. The normalized spacial score (nSPS) is 17.3. The van der Waals surface area contributed by atoms with E-state index in [-0.39, 0.29) is 5.92 Å². The van der Waals surface area contributed by atoms with Gasteiger partial charge in [0.05, 0.1) is 31.0 Å². The van der Waals surface area contributed by atoms with Crippen LogP contribution in [0.4, 0.5) is 10.5 Å². The molecule has 1 aromatic heterocycles. The van der Waals surface area contributed by atoms with Gasteiger partial charge in [-0.05, 0) is 49.4 Å².